The number of hydrogen-bond donors (Lipinski definition) is 1. The molecule has 4 atom stereocenters. The molecule has 1 N–H and O–H groups in total. The summed E-state index contributed by atoms with van der Waals surface area (Å²) in [6, 6.07) is 0. The van der Waals surface area contributed by atoms with E-state index in [1.165, 1.54) is 32.1 Å². The Morgan fingerprint density at radius 3 is 2.06 bits per heavy atom. The normalized spacial score (nSPS) is 50.2. The molecule has 94 valence electrons. The van der Waals surface area contributed by atoms with E-state index in [1.54, 1.807) is 0 Å². The third-order valence-corrected chi connectivity index (χ3v) is 4.90. The van der Waals surface area contributed by atoms with Crippen LogP contribution in [0.5, 0.6) is 0 Å². The lowest BCUT2D eigenvalue weighted by Gasteiger charge is -2.46. The summed E-state index contributed by atoms with van der Waals surface area (Å²) in [5.74, 6) is 2.84. The predicted octanol–water partition coefficient (Wildman–Crippen LogP) is 4.00. The molecule has 0 aliphatic heterocycles. The molecule has 0 aromatic carbocycles. The van der Waals surface area contributed by atoms with Crippen molar-refractivity contribution in [2.45, 2.75) is 71.3 Å². The highest BCUT2D eigenvalue weighted by Gasteiger charge is 2.43. The predicted molar refractivity (Wildman–Crippen MR) is 68.3 cm³/mol. The van der Waals surface area contributed by atoms with Crippen LogP contribution in [0, 0.1) is 23.7 Å². The summed E-state index contributed by atoms with van der Waals surface area (Å²) in [6.45, 7) is 6.98. The van der Waals surface area contributed by atoms with Gasteiger partial charge in [0.25, 0.3) is 0 Å². The Morgan fingerprint density at radius 1 is 0.875 bits per heavy atom. The summed E-state index contributed by atoms with van der Waals surface area (Å²) in [4.78, 5) is 0. The molecule has 2 saturated carbocycles. The summed E-state index contributed by atoms with van der Waals surface area (Å²) in [7, 11) is 0. The van der Waals surface area contributed by atoms with Gasteiger partial charge in [-0.2, -0.15) is 0 Å². The molecule has 0 saturated heterocycles. The summed E-state index contributed by atoms with van der Waals surface area (Å²) in [5, 5.41) is 11.0. The summed E-state index contributed by atoms with van der Waals surface area (Å²) < 4.78 is 0. The number of hydrogen-bond acceptors (Lipinski definition) is 1. The van der Waals surface area contributed by atoms with Crippen molar-refractivity contribution in [3.8, 4) is 0 Å². The first kappa shape index (κ1) is 12.4. The molecule has 2 rings (SSSR count). The van der Waals surface area contributed by atoms with Crippen LogP contribution in [0.3, 0.4) is 0 Å². The van der Waals surface area contributed by atoms with Gasteiger partial charge in [0.05, 0.1) is 5.60 Å². The van der Waals surface area contributed by atoms with Crippen molar-refractivity contribution in [1.29, 1.82) is 0 Å². The minimum absolute atomic E-state index is 0.328. The highest BCUT2D eigenvalue weighted by molar-refractivity contribution is 4.94. The summed E-state index contributed by atoms with van der Waals surface area (Å²) in [6.07, 6.45) is 8.64. The Kier molecular flexibility index (Phi) is 3.63. The van der Waals surface area contributed by atoms with E-state index < -0.39 is 0 Å². The maximum Gasteiger partial charge on any atom is 0.0681 e. The fourth-order valence-corrected chi connectivity index (χ4v) is 4.40. The lowest BCUT2D eigenvalue weighted by atomic mass is 9.63. The lowest BCUT2D eigenvalue weighted by Crippen LogP contribution is -2.46. The third-order valence-electron chi connectivity index (χ3n) is 4.90. The molecule has 0 amide bonds. The van der Waals surface area contributed by atoms with Crippen LogP contribution in [0.15, 0.2) is 0 Å². The molecular weight excluding hydrogens is 196 g/mol. The fraction of sp³-hybridized carbons (Fsp3) is 1.00. The van der Waals surface area contributed by atoms with E-state index in [4.69, 9.17) is 0 Å². The van der Waals surface area contributed by atoms with Crippen LogP contribution in [0.25, 0.3) is 0 Å². The van der Waals surface area contributed by atoms with Gasteiger partial charge in [-0.25, -0.2) is 0 Å². The summed E-state index contributed by atoms with van der Waals surface area (Å²) >= 11 is 0. The summed E-state index contributed by atoms with van der Waals surface area (Å²) in [5.41, 5.74) is -0.328. The Balaban J connectivity index is 2.04. The minimum Gasteiger partial charge on any atom is -0.390 e. The van der Waals surface area contributed by atoms with E-state index in [0.717, 1.165) is 18.8 Å². The molecule has 1 heteroatoms. The molecule has 0 spiro atoms. The topological polar surface area (TPSA) is 20.2 Å². The minimum atomic E-state index is -0.328. The van der Waals surface area contributed by atoms with E-state index in [9.17, 15) is 5.11 Å². The van der Waals surface area contributed by atoms with E-state index in [2.05, 4.69) is 20.8 Å². The molecule has 0 aromatic rings. The Bertz CT molecular complexity index is 226. The van der Waals surface area contributed by atoms with Gasteiger partial charge in [0.15, 0.2) is 0 Å². The third kappa shape index (κ3) is 2.61. The molecule has 4 unspecified atom stereocenters. The zero-order valence-corrected chi connectivity index (χ0v) is 11.2. The van der Waals surface area contributed by atoms with Crippen molar-refractivity contribution in [3.05, 3.63) is 0 Å². The van der Waals surface area contributed by atoms with Crippen LogP contribution < -0.4 is 0 Å². The molecule has 1 nitrogen and oxygen atoms in total. The van der Waals surface area contributed by atoms with E-state index in [0.29, 0.717) is 17.8 Å². The highest BCUT2D eigenvalue weighted by atomic mass is 16.3. The van der Waals surface area contributed by atoms with Gasteiger partial charge in [0, 0.05) is 0 Å². The van der Waals surface area contributed by atoms with Crippen LogP contribution in [0.1, 0.15) is 65.7 Å². The highest BCUT2D eigenvalue weighted by Crippen LogP contribution is 2.46. The largest absolute Gasteiger partial charge is 0.390 e. The van der Waals surface area contributed by atoms with Gasteiger partial charge in [-0.1, -0.05) is 33.6 Å². The van der Waals surface area contributed by atoms with E-state index >= 15 is 0 Å². The quantitative estimate of drug-likeness (QED) is 0.714. The van der Waals surface area contributed by atoms with Crippen molar-refractivity contribution >= 4 is 0 Å². The number of aliphatic hydroxyl groups is 1. The van der Waals surface area contributed by atoms with E-state index in [-0.39, 0.29) is 5.60 Å². The molecule has 0 aromatic heterocycles. The standard InChI is InChI=1S/C15H28O/c1-11-5-4-6-14(8-11)15(16)9-12(2)7-13(3)10-15/h11-14,16H,4-10H2,1-3H3. The van der Waals surface area contributed by atoms with Gasteiger partial charge in [0.2, 0.25) is 0 Å². The fourth-order valence-electron chi connectivity index (χ4n) is 4.40. The number of rotatable bonds is 1. The SMILES string of the molecule is CC1CCCC(C2(O)CC(C)CC(C)C2)C1. The average molecular weight is 224 g/mol. The Morgan fingerprint density at radius 2 is 1.50 bits per heavy atom. The van der Waals surface area contributed by atoms with Crippen molar-refractivity contribution in [3.63, 3.8) is 0 Å². The smallest absolute Gasteiger partial charge is 0.0681 e. The second-order valence-electron chi connectivity index (χ2n) is 6.93. The molecule has 16 heavy (non-hydrogen) atoms. The van der Waals surface area contributed by atoms with Crippen molar-refractivity contribution in [2.75, 3.05) is 0 Å². The Hall–Kier alpha value is -0.0400. The first-order valence-electron chi connectivity index (χ1n) is 7.22. The van der Waals surface area contributed by atoms with Crippen molar-refractivity contribution in [2.24, 2.45) is 23.7 Å². The zero-order valence-electron chi connectivity index (χ0n) is 11.2. The second-order valence-corrected chi connectivity index (χ2v) is 6.93. The molecule has 2 aliphatic rings. The van der Waals surface area contributed by atoms with Crippen molar-refractivity contribution in [1.82, 2.24) is 0 Å². The van der Waals surface area contributed by atoms with Crippen molar-refractivity contribution < 1.29 is 5.11 Å². The van der Waals surface area contributed by atoms with Crippen LogP contribution in [-0.4, -0.2) is 10.7 Å². The maximum atomic E-state index is 11.0. The first-order valence-corrected chi connectivity index (χ1v) is 7.22. The molecule has 0 bridgehead atoms. The average Bonchev–Trinajstić information content (AvgIpc) is 2.15. The van der Waals surface area contributed by atoms with Gasteiger partial charge in [-0.15, -0.1) is 0 Å². The molecule has 2 aliphatic carbocycles. The molecule has 0 heterocycles. The zero-order chi connectivity index (χ0) is 11.8. The molecular formula is C15H28O. The van der Waals surface area contributed by atoms with Crippen LogP contribution in [-0.2, 0) is 0 Å². The van der Waals surface area contributed by atoms with E-state index in [1.807, 2.05) is 0 Å². The van der Waals surface area contributed by atoms with Gasteiger partial charge >= 0.3 is 0 Å². The Labute approximate surface area is 101 Å². The van der Waals surface area contributed by atoms with Gasteiger partial charge in [-0.05, 0) is 55.8 Å². The maximum absolute atomic E-state index is 11.0. The molecule has 0 radical (unpaired) electrons. The van der Waals surface area contributed by atoms with Gasteiger partial charge in [-0.3, -0.25) is 0 Å². The van der Waals surface area contributed by atoms with Gasteiger partial charge in [0.1, 0.15) is 0 Å². The van der Waals surface area contributed by atoms with Crippen LogP contribution in [0.2, 0.25) is 0 Å². The second kappa shape index (κ2) is 4.68. The lowest BCUT2D eigenvalue weighted by molar-refractivity contribution is -0.0922. The first-order chi connectivity index (χ1) is 7.49. The van der Waals surface area contributed by atoms with Crippen LogP contribution in [0.4, 0.5) is 0 Å². The molecule has 2 fully saturated rings. The monoisotopic (exact) mass is 224 g/mol. The van der Waals surface area contributed by atoms with Crippen LogP contribution >= 0.6 is 0 Å². The van der Waals surface area contributed by atoms with Gasteiger partial charge < -0.3 is 5.11 Å².